The van der Waals surface area contributed by atoms with Gasteiger partial charge in [0.15, 0.2) is 12.2 Å². The molecule has 1 heterocycles. The molecule has 1 atom stereocenters. The second-order valence-corrected chi connectivity index (χ2v) is 7.05. The smallest absolute Gasteiger partial charge is 0.324 e. The third-order valence-corrected chi connectivity index (χ3v) is 4.97. The fourth-order valence-electron chi connectivity index (χ4n) is 2.19. The summed E-state index contributed by atoms with van der Waals surface area (Å²) in [5.74, 6) is -0.477. The number of nitrogens with zero attached hydrogens (tertiary/aromatic N) is 1. The van der Waals surface area contributed by atoms with E-state index in [9.17, 15) is 13.2 Å². The van der Waals surface area contributed by atoms with E-state index in [4.69, 9.17) is 9.15 Å². The standard InChI is InChI=1S/C17H16N2O5S/c1-12(19-25(21,22)13-7-3-2-4-8-13)17(20)23-11-16-18-14-9-5-6-10-15(14)24-16/h2-10,12,19H,11H2,1H3/t12-/m0/s1. The number of benzene rings is 2. The van der Waals surface area contributed by atoms with Crippen LogP contribution in [-0.2, 0) is 26.2 Å². The summed E-state index contributed by atoms with van der Waals surface area (Å²) in [4.78, 5) is 16.3. The van der Waals surface area contributed by atoms with Crippen LogP contribution in [0.3, 0.4) is 0 Å². The Hall–Kier alpha value is -2.71. The minimum Gasteiger partial charge on any atom is -0.454 e. The van der Waals surface area contributed by atoms with E-state index < -0.39 is 22.0 Å². The number of sulfonamides is 1. The van der Waals surface area contributed by atoms with Crippen LogP contribution in [0.5, 0.6) is 0 Å². The average Bonchev–Trinajstić information content (AvgIpc) is 3.03. The van der Waals surface area contributed by atoms with Crippen molar-refractivity contribution in [1.29, 1.82) is 0 Å². The maximum Gasteiger partial charge on any atom is 0.324 e. The van der Waals surface area contributed by atoms with E-state index in [1.54, 1.807) is 30.3 Å². The molecule has 0 amide bonds. The van der Waals surface area contributed by atoms with Gasteiger partial charge < -0.3 is 9.15 Å². The first-order valence-corrected chi connectivity index (χ1v) is 9.02. The lowest BCUT2D eigenvalue weighted by Crippen LogP contribution is -2.39. The van der Waals surface area contributed by atoms with Crippen LogP contribution >= 0.6 is 0 Å². The van der Waals surface area contributed by atoms with Crippen molar-refractivity contribution < 1.29 is 22.4 Å². The largest absolute Gasteiger partial charge is 0.454 e. The van der Waals surface area contributed by atoms with Crippen LogP contribution in [0, 0.1) is 0 Å². The summed E-state index contributed by atoms with van der Waals surface area (Å²) in [6.45, 7) is 1.24. The molecule has 0 saturated heterocycles. The monoisotopic (exact) mass is 360 g/mol. The normalized spacial score (nSPS) is 12.8. The number of para-hydroxylation sites is 2. The fraction of sp³-hybridized carbons (Fsp3) is 0.176. The van der Waals surface area contributed by atoms with Gasteiger partial charge in [0.05, 0.1) is 4.90 Å². The highest BCUT2D eigenvalue weighted by atomic mass is 32.2. The molecule has 0 aliphatic heterocycles. The Kier molecular flexibility index (Phi) is 4.82. The molecule has 3 rings (SSSR count). The van der Waals surface area contributed by atoms with Crippen molar-refractivity contribution in [2.45, 2.75) is 24.5 Å². The zero-order chi connectivity index (χ0) is 17.9. The molecule has 1 aromatic heterocycles. The number of nitrogens with one attached hydrogen (secondary N) is 1. The van der Waals surface area contributed by atoms with Crippen LogP contribution in [-0.4, -0.2) is 25.4 Å². The summed E-state index contributed by atoms with van der Waals surface area (Å²) in [6, 6.07) is 13.9. The molecule has 0 saturated carbocycles. The molecular weight excluding hydrogens is 344 g/mol. The molecule has 0 aliphatic rings. The second-order valence-electron chi connectivity index (χ2n) is 5.34. The number of esters is 1. The highest BCUT2D eigenvalue weighted by molar-refractivity contribution is 7.89. The van der Waals surface area contributed by atoms with Crippen LogP contribution < -0.4 is 4.72 Å². The lowest BCUT2D eigenvalue weighted by molar-refractivity contribution is -0.147. The van der Waals surface area contributed by atoms with Gasteiger partial charge in [0.25, 0.3) is 0 Å². The van der Waals surface area contributed by atoms with Gasteiger partial charge in [-0.2, -0.15) is 4.72 Å². The van der Waals surface area contributed by atoms with E-state index in [1.165, 1.54) is 19.1 Å². The number of carbonyl (C=O) groups is 1. The van der Waals surface area contributed by atoms with Crippen molar-refractivity contribution in [3.8, 4) is 0 Å². The van der Waals surface area contributed by atoms with Crippen molar-refractivity contribution >= 4 is 27.1 Å². The number of hydrogen-bond donors (Lipinski definition) is 1. The minimum atomic E-state index is -3.80. The van der Waals surface area contributed by atoms with Crippen LogP contribution in [0.15, 0.2) is 63.9 Å². The zero-order valence-electron chi connectivity index (χ0n) is 13.4. The molecule has 2 aromatic carbocycles. The molecule has 1 N–H and O–H groups in total. The van der Waals surface area contributed by atoms with E-state index in [0.29, 0.717) is 11.1 Å². The summed E-state index contributed by atoms with van der Waals surface area (Å²) in [5.41, 5.74) is 1.25. The molecule has 8 heteroatoms. The summed E-state index contributed by atoms with van der Waals surface area (Å²) in [7, 11) is -3.80. The first-order chi connectivity index (χ1) is 12.0. The SMILES string of the molecule is C[C@H](NS(=O)(=O)c1ccccc1)C(=O)OCc1nc2ccccc2o1. The quantitative estimate of drug-likeness (QED) is 0.677. The fourth-order valence-corrected chi connectivity index (χ4v) is 3.40. The maximum atomic E-state index is 12.2. The van der Waals surface area contributed by atoms with Gasteiger partial charge in [0, 0.05) is 0 Å². The van der Waals surface area contributed by atoms with Gasteiger partial charge >= 0.3 is 5.97 Å². The Bertz CT molecular complexity index is 949. The Morgan fingerprint density at radius 1 is 1.16 bits per heavy atom. The van der Waals surface area contributed by atoms with Crippen molar-refractivity contribution in [3.63, 3.8) is 0 Å². The van der Waals surface area contributed by atoms with E-state index in [0.717, 1.165) is 0 Å². The number of ether oxygens (including phenoxy) is 1. The molecule has 0 fully saturated rings. The number of fused-ring (bicyclic) bond motifs is 1. The third kappa shape index (κ3) is 4.04. The Morgan fingerprint density at radius 3 is 2.56 bits per heavy atom. The molecule has 0 bridgehead atoms. The van der Waals surface area contributed by atoms with Gasteiger partial charge in [0.1, 0.15) is 11.6 Å². The topological polar surface area (TPSA) is 98.5 Å². The molecular formula is C17H16N2O5S. The van der Waals surface area contributed by atoms with Gasteiger partial charge in [-0.3, -0.25) is 4.79 Å². The number of oxazole rings is 1. The highest BCUT2D eigenvalue weighted by Crippen LogP contribution is 2.15. The summed E-state index contributed by atoms with van der Waals surface area (Å²) in [5, 5.41) is 0. The highest BCUT2D eigenvalue weighted by Gasteiger charge is 2.23. The molecule has 0 spiro atoms. The van der Waals surface area contributed by atoms with Crippen molar-refractivity contribution in [3.05, 3.63) is 60.5 Å². The van der Waals surface area contributed by atoms with Gasteiger partial charge in [-0.15, -0.1) is 0 Å². The summed E-state index contributed by atoms with van der Waals surface area (Å²) in [6.07, 6.45) is 0. The molecule has 0 aliphatic carbocycles. The number of aromatic nitrogens is 1. The van der Waals surface area contributed by atoms with Crippen molar-refractivity contribution in [2.24, 2.45) is 0 Å². The third-order valence-electron chi connectivity index (χ3n) is 3.42. The maximum absolute atomic E-state index is 12.2. The minimum absolute atomic E-state index is 0.0774. The van der Waals surface area contributed by atoms with Gasteiger partial charge in [-0.1, -0.05) is 30.3 Å². The predicted octanol–water partition coefficient (Wildman–Crippen LogP) is 2.24. The number of carbonyl (C=O) groups excluding carboxylic acids is 1. The second kappa shape index (κ2) is 7.04. The van der Waals surface area contributed by atoms with Gasteiger partial charge in [-0.25, -0.2) is 13.4 Å². The lowest BCUT2D eigenvalue weighted by Gasteiger charge is -2.13. The van der Waals surface area contributed by atoms with Gasteiger partial charge in [0.2, 0.25) is 15.9 Å². The van der Waals surface area contributed by atoms with Crippen LogP contribution in [0.25, 0.3) is 11.1 Å². The molecule has 3 aromatic rings. The van der Waals surface area contributed by atoms with Crippen LogP contribution in [0.2, 0.25) is 0 Å². The van der Waals surface area contributed by atoms with E-state index in [1.807, 2.05) is 12.1 Å². The number of rotatable bonds is 6. The Morgan fingerprint density at radius 2 is 1.84 bits per heavy atom. The van der Waals surface area contributed by atoms with E-state index >= 15 is 0 Å². The Labute approximate surface area is 144 Å². The average molecular weight is 360 g/mol. The van der Waals surface area contributed by atoms with Crippen molar-refractivity contribution in [2.75, 3.05) is 0 Å². The summed E-state index contributed by atoms with van der Waals surface area (Å²) >= 11 is 0. The van der Waals surface area contributed by atoms with E-state index in [-0.39, 0.29) is 17.4 Å². The molecule has 130 valence electrons. The first-order valence-electron chi connectivity index (χ1n) is 7.54. The predicted molar refractivity (Wildman–Crippen MR) is 90.0 cm³/mol. The zero-order valence-corrected chi connectivity index (χ0v) is 14.2. The summed E-state index contributed by atoms with van der Waals surface area (Å²) < 4.78 is 37.2. The van der Waals surface area contributed by atoms with Crippen molar-refractivity contribution in [1.82, 2.24) is 9.71 Å². The van der Waals surface area contributed by atoms with Crippen LogP contribution in [0.4, 0.5) is 0 Å². The molecule has 25 heavy (non-hydrogen) atoms. The van der Waals surface area contributed by atoms with Crippen LogP contribution in [0.1, 0.15) is 12.8 Å². The van der Waals surface area contributed by atoms with Gasteiger partial charge in [-0.05, 0) is 31.2 Å². The van der Waals surface area contributed by atoms with E-state index in [2.05, 4.69) is 9.71 Å². The number of hydrogen-bond acceptors (Lipinski definition) is 6. The molecule has 0 radical (unpaired) electrons. The Balaban J connectivity index is 1.61. The first kappa shape index (κ1) is 17.1. The molecule has 0 unspecified atom stereocenters. The lowest BCUT2D eigenvalue weighted by atomic mass is 10.3. The molecule has 7 nitrogen and oxygen atoms in total.